The number of aryl methyl sites for hydroxylation is 1. The Balaban J connectivity index is 2.46. The third kappa shape index (κ3) is 3.29. The highest BCUT2D eigenvalue weighted by molar-refractivity contribution is 6.09. The minimum atomic E-state index is -1.00. The van der Waals surface area contributed by atoms with Crippen LogP contribution < -0.4 is 14.9 Å². The van der Waals surface area contributed by atoms with Crippen LogP contribution in [0, 0.1) is 6.92 Å². The van der Waals surface area contributed by atoms with Gasteiger partial charge in [0.15, 0.2) is 11.5 Å². The molecule has 1 heterocycles. The molecule has 7 heteroatoms. The van der Waals surface area contributed by atoms with Gasteiger partial charge >= 0.3 is 5.97 Å². The average Bonchev–Trinajstić information content (AvgIpc) is 2.68. The lowest BCUT2D eigenvalue weighted by molar-refractivity contribution is 0.0174. The maximum Gasteiger partial charge on any atom is 0.343 e. The van der Waals surface area contributed by atoms with Crippen LogP contribution in [0.25, 0.3) is 21.9 Å². The van der Waals surface area contributed by atoms with Gasteiger partial charge in [0.1, 0.15) is 33.5 Å². The van der Waals surface area contributed by atoms with Gasteiger partial charge in [-0.25, -0.2) is 4.79 Å². The Labute approximate surface area is 167 Å². The molecular weight excluding hydrogens is 376 g/mol. The molecule has 0 amide bonds. The number of fused-ring (bicyclic) bond motifs is 2. The predicted molar refractivity (Wildman–Crippen MR) is 109 cm³/mol. The number of rotatable bonds is 5. The van der Waals surface area contributed by atoms with Crippen molar-refractivity contribution in [3.05, 3.63) is 52.2 Å². The molecule has 3 aromatic rings. The quantitative estimate of drug-likeness (QED) is 0.393. The smallest absolute Gasteiger partial charge is 0.343 e. The first-order valence-electron chi connectivity index (χ1n) is 8.86. The minimum absolute atomic E-state index is 0.0969. The summed E-state index contributed by atoms with van der Waals surface area (Å²) in [5.74, 6) is -0.711. The van der Waals surface area contributed by atoms with Gasteiger partial charge in [0, 0.05) is 0 Å². The average molecular weight is 398 g/mol. The number of hydrogen-bond donors (Lipinski definition) is 1. The maximum absolute atomic E-state index is 13.4. The van der Waals surface area contributed by atoms with Gasteiger partial charge in [-0.3, -0.25) is 4.79 Å². The summed E-state index contributed by atoms with van der Waals surface area (Å²) in [7, 11) is 2.84. The minimum Gasteiger partial charge on any atom is -0.507 e. The second-order valence-electron chi connectivity index (χ2n) is 7.09. The summed E-state index contributed by atoms with van der Waals surface area (Å²) >= 11 is 0. The Kier molecular flexibility index (Phi) is 5.00. The van der Waals surface area contributed by atoms with Crippen molar-refractivity contribution in [3.8, 4) is 17.2 Å². The molecular formula is C22H22O7. The number of aromatic hydroxyl groups is 1. The molecule has 0 radical (unpaired) electrons. The van der Waals surface area contributed by atoms with E-state index in [4.69, 9.17) is 18.6 Å². The van der Waals surface area contributed by atoms with E-state index in [-0.39, 0.29) is 39.0 Å². The van der Waals surface area contributed by atoms with E-state index in [1.54, 1.807) is 32.9 Å². The van der Waals surface area contributed by atoms with E-state index in [9.17, 15) is 14.7 Å². The molecule has 2 aromatic carbocycles. The van der Waals surface area contributed by atoms with Crippen LogP contribution in [0.5, 0.6) is 17.2 Å². The molecule has 152 valence electrons. The highest BCUT2D eigenvalue weighted by atomic mass is 16.6. The Bertz CT molecular complexity index is 1200. The molecule has 0 atom stereocenters. The van der Waals surface area contributed by atoms with Crippen molar-refractivity contribution in [1.82, 2.24) is 0 Å². The standard InChI is InChI=1S/C22H22O7/c1-7-22(3,4)29-21(25)17-15-14(10-11(2)18(17)23)28-12-8-9-13(26-5)20(27-6)16(12)19(15)24/h7-10,23H,1H2,2-6H3. The summed E-state index contributed by atoms with van der Waals surface area (Å²) in [4.78, 5) is 26.3. The first-order chi connectivity index (χ1) is 13.6. The van der Waals surface area contributed by atoms with Crippen molar-refractivity contribution in [2.45, 2.75) is 26.4 Å². The van der Waals surface area contributed by atoms with E-state index in [0.29, 0.717) is 11.3 Å². The number of carbonyl (C=O) groups excluding carboxylic acids is 1. The highest BCUT2D eigenvalue weighted by Crippen LogP contribution is 2.37. The van der Waals surface area contributed by atoms with Gasteiger partial charge in [0.25, 0.3) is 0 Å². The Morgan fingerprint density at radius 1 is 1.17 bits per heavy atom. The van der Waals surface area contributed by atoms with Crippen molar-refractivity contribution >= 4 is 27.9 Å². The Morgan fingerprint density at radius 2 is 1.86 bits per heavy atom. The summed E-state index contributed by atoms with van der Waals surface area (Å²) in [6.07, 6.45) is 1.45. The van der Waals surface area contributed by atoms with Crippen LogP contribution in [-0.4, -0.2) is 30.9 Å². The summed E-state index contributed by atoms with van der Waals surface area (Å²) in [5, 5.41) is 10.6. The fourth-order valence-corrected chi connectivity index (χ4v) is 3.06. The summed E-state index contributed by atoms with van der Waals surface area (Å²) in [5.41, 5.74) is -1.04. The third-order valence-corrected chi connectivity index (χ3v) is 4.69. The van der Waals surface area contributed by atoms with Gasteiger partial charge in [0.05, 0.1) is 19.6 Å². The van der Waals surface area contributed by atoms with Crippen LogP contribution in [0.3, 0.4) is 0 Å². The van der Waals surface area contributed by atoms with Gasteiger partial charge in [-0.15, -0.1) is 0 Å². The summed E-state index contributed by atoms with van der Waals surface area (Å²) in [6.45, 7) is 8.51. The zero-order valence-corrected chi connectivity index (χ0v) is 16.9. The summed E-state index contributed by atoms with van der Waals surface area (Å²) in [6, 6.07) is 4.70. The van der Waals surface area contributed by atoms with Crippen LogP contribution in [0.4, 0.5) is 0 Å². The van der Waals surface area contributed by atoms with Crippen LogP contribution in [0.15, 0.2) is 40.1 Å². The van der Waals surface area contributed by atoms with Gasteiger partial charge < -0.3 is 23.7 Å². The topological polar surface area (TPSA) is 95.2 Å². The van der Waals surface area contributed by atoms with Gasteiger partial charge in [-0.1, -0.05) is 6.58 Å². The number of phenolic OH excluding ortho intramolecular Hbond substituents is 1. The number of methoxy groups -OCH3 is 2. The SMILES string of the molecule is C=CC(C)(C)OC(=O)c1c(O)c(C)cc2oc3ccc(OC)c(OC)c3c(=O)c12. The Morgan fingerprint density at radius 3 is 2.45 bits per heavy atom. The van der Waals surface area contributed by atoms with E-state index in [1.165, 1.54) is 26.4 Å². The molecule has 0 aliphatic heterocycles. The van der Waals surface area contributed by atoms with Crippen molar-refractivity contribution in [2.75, 3.05) is 14.2 Å². The molecule has 0 saturated carbocycles. The summed E-state index contributed by atoms with van der Waals surface area (Å²) < 4.78 is 21.9. The number of phenols is 1. The Hall–Kier alpha value is -3.48. The van der Waals surface area contributed by atoms with Gasteiger partial charge in [-0.05, 0) is 50.6 Å². The first kappa shape index (κ1) is 20.3. The number of benzene rings is 2. The second-order valence-corrected chi connectivity index (χ2v) is 7.09. The highest BCUT2D eigenvalue weighted by Gasteiger charge is 2.28. The zero-order valence-electron chi connectivity index (χ0n) is 16.9. The van der Waals surface area contributed by atoms with Crippen LogP contribution in [0.1, 0.15) is 29.8 Å². The van der Waals surface area contributed by atoms with Crippen LogP contribution >= 0.6 is 0 Å². The lowest BCUT2D eigenvalue weighted by Crippen LogP contribution is -2.26. The van der Waals surface area contributed by atoms with Gasteiger partial charge in [0.2, 0.25) is 5.43 Å². The zero-order chi connectivity index (χ0) is 21.5. The van der Waals surface area contributed by atoms with Crippen LogP contribution in [-0.2, 0) is 4.74 Å². The van der Waals surface area contributed by atoms with Gasteiger partial charge in [-0.2, -0.15) is 0 Å². The predicted octanol–water partition coefficient (Wildman–Crippen LogP) is 4.10. The second kappa shape index (κ2) is 7.16. The van der Waals surface area contributed by atoms with E-state index in [2.05, 4.69) is 6.58 Å². The number of hydrogen-bond acceptors (Lipinski definition) is 7. The van der Waals surface area contributed by atoms with E-state index < -0.39 is 17.0 Å². The number of esters is 1. The fourth-order valence-electron chi connectivity index (χ4n) is 3.06. The number of ether oxygens (including phenoxy) is 3. The third-order valence-electron chi connectivity index (χ3n) is 4.69. The van der Waals surface area contributed by atoms with Crippen LogP contribution in [0.2, 0.25) is 0 Å². The molecule has 0 fully saturated rings. The first-order valence-corrected chi connectivity index (χ1v) is 8.86. The molecule has 29 heavy (non-hydrogen) atoms. The molecule has 0 aliphatic rings. The van der Waals surface area contributed by atoms with E-state index in [1.807, 2.05) is 0 Å². The van der Waals surface area contributed by atoms with E-state index in [0.717, 1.165) is 0 Å². The van der Waals surface area contributed by atoms with Crippen molar-refractivity contribution in [1.29, 1.82) is 0 Å². The lowest BCUT2D eigenvalue weighted by Gasteiger charge is -2.21. The molecule has 0 bridgehead atoms. The van der Waals surface area contributed by atoms with Crippen molar-refractivity contribution < 1.29 is 28.5 Å². The monoisotopic (exact) mass is 398 g/mol. The molecule has 1 N–H and O–H groups in total. The molecule has 3 rings (SSSR count). The lowest BCUT2D eigenvalue weighted by atomic mass is 10.0. The molecule has 0 spiro atoms. The maximum atomic E-state index is 13.4. The molecule has 0 aliphatic carbocycles. The normalized spacial score (nSPS) is 11.5. The molecule has 1 aromatic heterocycles. The van der Waals surface area contributed by atoms with Crippen molar-refractivity contribution in [3.63, 3.8) is 0 Å². The molecule has 0 saturated heterocycles. The fraction of sp³-hybridized carbons (Fsp3) is 0.273. The van der Waals surface area contributed by atoms with E-state index >= 15 is 0 Å². The molecule has 7 nitrogen and oxygen atoms in total. The van der Waals surface area contributed by atoms with Crippen molar-refractivity contribution in [2.24, 2.45) is 0 Å². The number of carbonyl (C=O) groups is 1. The largest absolute Gasteiger partial charge is 0.507 e. The molecule has 0 unspecified atom stereocenters.